The molecular formula is C42H41N3O8. The third-order valence-corrected chi connectivity index (χ3v) is 8.14. The number of carbonyl (C=O) groups is 5. The van der Waals surface area contributed by atoms with E-state index in [-0.39, 0.29) is 30.0 Å². The van der Waals surface area contributed by atoms with Gasteiger partial charge in [0, 0.05) is 11.8 Å². The average molecular weight is 716 g/mol. The number of benzene rings is 5. The van der Waals surface area contributed by atoms with Gasteiger partial charge in [0.15, 0.2) is 6.10 Å². The minimum atomic E-state index is -1.13. The molecule has 5 aromatic rings. The Morgan fingerprint density at radius 2 is 1.28 bits per heavy atom. The molecule has 0 radical (unpaired) electrons. The molecule has 3 amide bonds. The van der Waals surface area contributed by atoms with Crippen LogP contribution in [0.25, 0.3) is 10.8 Å². The summed E-state index contributed by atoms with van der Waals surface area (Å²) in [6.45, 7) is 6.62. The molecule has 0 spiro atoms. The van der Waals surface area contributed by atoms with E-state index in [2.05, 4.69) is 5.32 Å². The van der Waals surface area contributed by atoms with Crippen LogP contribution in [0.2, 0.25) is 0 Å². The first-order chi connectivity index (χ1) is 25.4. The second-order valence-corrected chi connectivity index (χ2v) is 13.1. The summed E-state index contributed by atoms with van der Waals surface area (Å²) in [5.74, 6) is -3.70. The second-order valence-electron chi connectivity index (χ2n) is 13.1. The van der Waals surface area contributed by atoms with Crippen LogP contribution in [0.1, 0.15) is 60.8 Å². The van der Waals surface area contributed by atoms with Crippen molar-refractivity contribution in [3.8, 4) is 0 Å². The van der Waals surface area contributed by atoms with E-state index in [1.807, 2.05) is 60.7 Å². The number of hydrogen-bond acceptors (Lipinski definition) is 8. The Kier molecular flexibility index (Phi) is 11.9. The van der Waals surface area contributed by atoms with Gasteiger partial charge in [-0.3, -0.25) is 14.5 Å². The van der Waals surface area contributed by atoms with Gasteiger partial charge in [-0.1, -0.05) is 103 Å². The molecule has 1 atom stereocenters. The molecule has 0 aromatic heterocycles. The van der Waals surface area contributed by atoms with Crippen LogP contribution in [0, 0.1) is 0 Å². The van der Waals surface area contributed by atoms with Crippen LogP contribution < -0.4 is 16.0 Å². The molecule has 3 N–H and O–H groups in total. The Hall–Kier alpha value is -6.49. The number of nitrogens with one attached hydrogen (secondary N) is 1. The summed E-state index contributed by atoms with van der Waals surface area (Å²) in [6, 6.07) is 34.0. The Morgan fingerprint density at radius 3 is 1.87 bits per heavy atom. The molecule has 5 aromatic carbocycles. The Balaban J connectivity index is 1.59. The zero-order chi connectivity index (χ0) is 38.1. The predicted molar refractivity (Wildman–Crippen MR) is 200 cm³/mol. The number of hydrogen-bond donors (Lipinski definition) is 2. The SMILES string of the molecule is CCOC(=O)C(=O)N(c1ccccc1C(=O)OC(c1ccccc1)c1ccccc1)c1ccc(C[C@H](NC(=O)OC(C)(C)C)C(N)=O)c2ccccc12. The van der Waals surface area contributed by atoms with Crippen molar-refractivity contribution in [3.63, 3.8) is 0 Å². The molecule has 5 rings (SSSR count). The number of alkyl carbamates (subject to hydrolysis) is 1. The minimum Gasteiger partial charge on any atom is -0.459 e. The smallest absolute Gasteiger partial charge is 0.408 e. The number of amides is 3. The van der Waals surface area contributed by atoms with E-state index < -0.39 is 47.6 Å². The molecule has 272 valence electrons. The summed E-state index contributed by atoms with van der Waals surface area (Å²) in [7, 11) is 0. The van der Waals surface area contributed by atoms with Crippen molar-refractivity contribution >= 4 is 52.0 Å². The number of fused-ring (bicyclic) bond motifs is 1. The molecule has 0 aliphatic rings. The molecular weight excluding hydrogens is 674 g/mol. The molecule has 0 aliphatic heterocycles. The molecule has 11 nitrogen and oxygen atoms in total. The predicted octanol–water partition coefficient (Wildman–Crippen LogP) is 6.94. The summed E-state index contributed by atoms with van der Waals surface area (Å²) in [4.78, 5) is 67.6. The van der Waals surface area contributed by atoms with Gasteiger partial charge in [-0.2, -0.15) is 0 Å². The second kappa shape index (κ2) is 16.7. The number of nitrogens with zero attached hydrogens (tertiary/aromatic N) is 1. The molecule has 0 saturated carbocycles. The number of esters is 2. The van der Waals surface area contributed by atoms with Crippen LogP contribution in [0.3, 0.4) is 0 Å². The third-order valence-electron chi connectivity index (χ3n) is 8.14. The lowest BCUT2D eigenvalue weighted by Gasteiger charge is -2.27. The van der Waals surface area contributed by atoms with Crippen molar-refractivity contribution in [2.24, 2.45) is 5.73 Å². The van der Waals surface area contributed by atoms with Crippen molar-refractivity contribution < 1.29 is 38.2 Å². The van der Waals surface area contributed by atoms with E-state index >= 15 is 0 Å². The van der Waals surface area contributed by atoms with Crippen molar-refractivity contribution in [3.05, 3.63) is 144 Å². The van der Waals surface area contributed by atoms with Gasteiger partial charge >= 0.3 is 23.9 Å². The van der Waals surface area contributed by atoms with Gasteiger partial charge in [-0.15, -0.1) is 0 Å². The minimum absolute atomic E-state index is 0.00946. The highest BCUT2D eigenvalue weighted by molar-refractivity contribution is 6.41. The number of carbonyl (C=O) groups excluding carboxylic acids is 5. The van der Waals surface area contributed by atoms with Gasteiger partial charge in [-0.25, -0.2) is 14.4 Å². The largest absolute Gasteiger partial charge is 0.459 e. The van der Waals surface area contributed by atoms with Crippen LogP contribution in [-0.2, 0) is 35.0 Å². The zero-order valence-corrected chi connectivity index (χ0v) is 29.9. The zero-order valence-electron chi connectivity index (χ0n) is 29.9. The van der Waals surface area contributed by atoms with E-state index in [0.717, 1.165) is 16.0 Å². The Bertz CT molecular complexity index is 2070. The number of nitrogens with two attached hydrogens (primary N) is 1. The van der Waals surface area contributed by atoms with Gasteiger partial charge in [0.05, 0.1) is 23.5 Å². The normalized spacial score (nSPS) is 11.7. The highest BCUT2D eigenvalue weighted by Crippen LogP contribution is 2.38. The topological polar surface area (TPSA) is 154 Å². The summed E-state index contributed by atoms with van der Waals surface area (Å²) < 4.78 is 16.7. The Morgan fingerprint density at radius 1 is 0.717 bits per heavy atom. The number of anilines is 2. The number of para-hydroxylation sites is 1. The van der Waals surface area contributed by atoms with E-state index in [0.29, 0.717) is 16.3 Å². The first-order valence-corrected chi connectivity index (χ1v) is 17.1. The molecule has 0 bridgehead atoms. The lowest BCUT2D eigenvalue weighted by Crippen LogP contribution is -2.47. The first kappa shape index (κ1) is 37.8. The fraction of sp³-hybridized carbons (Fsp3) is 0.214. The van der Waals surface area contributed by atoms with E-state index in [9.17, 15) is 24.0 Å². The quantitative estimate of drug-likeness (QED) is 0.0848. The summed E-state index contributed by atoms with van der Waals surface area (Å²) in [5, 5.41) is 3.64. The number of rotatable bonds is 11. The molecule has 0 aliphatic carbocycles. The van der Waals surface area contributed by atoms with Crippen LogP contribution >= 0.6 is 0 Å². The maximum absolute atomic E-state index is 14.2. The van der Waals surface area contributed by atoms with E-state index in [4.69, 9.17) is 19.9 Å². The van der Waals surface area contributed by atoms with Crippen molar-refractivity contribution in [2.45, 2.75) is 51.9 Å². The summed E-state index contributed by atoms with van der Waals surface area (Å²) in [6.07, 6.45) is -1.59. The maximum Gasteiger partial charge on any atom is 0.408 e. The fourth-order valence-electron chi connectivity index (χ4n) is 5.84. The number of ether oxygens (including phenoxy) is 3. The molecule has 0 heterocycles. The number of primary amides is 1. The van der Waals surface area contributed by atoms with Gasteiger partial charge in [0.2, 0.25) is 5.91 Å². The monoisotopic (exact) mass is 715 g/mol. The molecule has 0 saturated heterocycles. The van der Waals surface area contributed by atoms with E-state index in [1.54, 1.807) is 82.3 Å². The third kappa shape index (κ3) is 9.25. The van der Waals surface area contributed by atoms with Crippen molar-refractivity contribution in [2.75, 3.05) is 11.5 Å². The van der Waals surface area contributed by atoms with Gasteiger partial charge in [-0.05, 0) is 68.0 Å². The van der Waals surface area contributed by atoms with Crippen molar-refractivity contribution in [1.29, 1.82) is 0 Å². The van der Waals surface area contributed by atoms with Crippen LogP contribution in [0.15, 0.2) is 121 Å². The molecule has 0 fully saturated rings. The fourth-order valence-corrected chi connectivity index (χ4v) is 5.84. The molecule has 0 unspecified atom stereocenters. The first-order valence-electron chi connectivity index (χ1n) is 17.1. The van der Waals surface area contributed by atoms with Gasteiger partial charge < -0.3 is 25.3 Å². The lowest BCUT2D eigenvalue weighted by molar-refractivity contribution is -0.152. The standard InChI is InChI=1S/C42H41N3O8/c1-5-51-40(49)38(47)45(34-23-15-14-22-32(34)39(48)52-36(27-16-8-6-9-17-27)28-18-10-7-11-19-28)35-25-24-29(30-20-12-13-21-31(30)35)26-33(37(43)46)44-41(50)53-42(2,3)4/h6-25,33,36H,5,26H2,1-4H3,(H2,43,46)(H,44,50)/t33-/m0/s1. The Labute approximate surface area is 307 Å². The molecule has 53 heavy (non-hydrogen) atoms. The highest BCUT2D eigenvalue weighted by Gasteiger charge is 2.33. The molecule has 11 heteroatoms. The lowest BCUT2D eigenvalue weighted by atomic mass is 9.96. The van der Waals surface area contributed by atoms with Gasteiger partial charge in [0.25, 0.3) is 0 Å². The van der Waals surface area contributed by atoms with E-state index in [1.165, 1.54) is 6.07 Å². The van der Waals surface area contributed by atoms with Gasteiger partial charge in [0.1, 0.15) is 11.6 Å². The summed E-state index contributed by atoms with van der Waals surface area (Å²) in [5.41, 5.74) is 7.32. The van der Waals surface area contributed by atoms with Crippen LogP contribution in [-0.4, -0.2) is 48.1 Å². The van der Waals surface area contributed by atoms with Crippen molar-refractivity contribution in [1.82, 2.24) is 5.32 Å². The van der Waals surface area contributed by atoms with Crippen LogP contribution in [0.4, 0.5) is 16.2 Å². The average Bonchev–Trinajstić information content (AvgIpc) is 3.14. The van der Waals surface area contributed by atoms with Crippen LogP contribution in [0.5, 0.6) is 0 Å². The highest BCUT2D eigenvalue weighted by atomic mass is 16.6. The maximum atomic E-state index is 14.2. The summed E-state index contributed by atoms with van der Waals surface area (Å²) >= 11 is 0.